The molecule has 45 valence electrons. The molecule has 0 rings (SSSR count). The summed E-state index contributed by atoms with van der Waals surface area (Å²) in [4.78, 5) is 0. The molecule has 0 aliphatic carbocycles. The Morgan fingerprint density at radius 1 is 1.00 bits per heavy atom. The van der Waals surface area contributed by atoms with Crippen molar-refractivity contribution in [3.8, 4) is 0 Å². The van der Waals surface area contributed by atoms with Gasteiger partial charge in [-0.1, -0.05) is 0 Å². The van der Waals surface area contributed by atoms with Crippen molar-refractivity contribution in [1.29, 1.82) is 0 Å². The molecule has 0 amide bonds. The van der Waals surface area contributed by atoms with E-state index in [0.29, 0.717) is 0 Å². The Hall–Kier alpha value is 2.15. The van der Waals surface area contributed by atoms with Crippen LogP contribution in [0.2, 0.25) is 15.9 Å². The Morgan fingerprint density at radius 2 is 1.00 bits per heavy atom. The second-order valence-electron chi connectivity index (χ2n) is 1.71. The molecule has 0 saturated carbocycles. The molecule has 0 atom stereocenters. The van der Waals surface area contributed by atoms with Crippen molar-refractivity contribution >= 4 is 38.7 Å². The van der Waals surface area contributed by atoms with E-state index in [2.05, 4.69) is 54.6 Å². The van der Waals surface area contributed by atoms with Gasteiger partial charge in [0, 0.05) is 0 Å². The third-order valence-electron chi connectivity index (χ3n) is 0. The van der Waals surface area contributed by atoms with Gasteiger partial charge in [0.25, 0.3) is 0 Å². The van der Waals surface area contributed by atoms with Crippen LogP contribution < -0.4 is 0 Å². The van der Waals surface area contributed by atoms with Gasteiger partial charge in [-0.3, -0.25) is 0 Å². The first-order valence-electron chi connectivity index (χ1n) is 1.19. The summed E-state index contributed by atoms with van der Waals surface area (Å²) in [7, 11) is -1.61. The molecule has 3 heteroatoms. The van der Waals surface area contributed by atoms with Crippen LogP contribution >= 0.6 is 38.7 Å². The minimum atomic E-state index is -1.61. The van der Waals surface area contributed by atoms with E-state index in [4.69, 9.17) is 0 Å². The normalized spacial score (nSPS) is 19.2. The van der Waals surface area contributed by atoms with Crippen LogP contribution in [0.4, 0.5) is 0 Å². The summed E-state index contributed by atoms with van der Waals surface area (Å²) in [6, 6.07) is 0. The maximum absolute atomic E-state index is 2.58. The molecule has 0 spiro atoms. The molecule has 0 aromatic heterocycles. The fourth-order valence-electron chi connectivity index (χ4n) is 0. The minimum absolute atomic E-state index is 1.61. The quantitative estimate of drug-likeness (QED) is 0.453. The van der Waals surface area contributed by atoms with Gasteiger partial charge in [0.05, 0.1) is 0 Å². The first-order chi connectivity index (χ1) is 2.24. The summed E-state index contributed by atoms with van der Waals surface area (Å²) in [5.74, 6) is 0. The van der Waals surface area contributed by atoms with E-state index in [-0.39, 0.29) is 0 Å². The van der Waals surface area contributed by atoms with Gasteiger partial charge in [-0.05, 0) is 0 Å². The standard InChI is InChI=1S/3CH3.2HI.Pt/h3*1H3;2*1H;/q;;;;;+2/p-2. The zero-order valence-corrected chi connectivity index (χ0v) is 10.7. The summed E-state index contributed by atoms with van der Waals surface area (Å²) >= 11 is 5.17. The van der Waals surface area contributed by atoms with Crippen molar-refractivity contribution in [2.75, 3.05) is 0 Å². The molecule has 0 fully saturated rings. The summed E-state index contributed by atoms with van der Waals surface area (Å²) in [6.45, 7) is 0. The van der Waals surface area contributed by atoms with Crippen LogP contribution in [0, 0.1) is 0 Å². The molecule has 0 aromatic carbocycles. The third-order valence-corrected chi connectivity index (χ3v) is 0. The van der Waals surface area contributed by atoms with Crippen LogP contribution in [-0.4, -0.2) is 0 Å². The predicted molar refractivity (Wildman–Crippen MR) is 45.6 cm³/mol. The van der Waals surface area contributed by atoms with Crippen molar-refractivity contribution < 1.29 is 7.44 Å². The summed E-state index contributed by atoms with van der Waals surface area (Å²) in [5, 5.41) is 7.10. The Labute approximate surface area is 60.9 Å². The number of hydrogen-bond acceptors (Lipinski definition) is 0. The Kier molecular flexibility index (Phi) is 2.49. The van der Waals surface area contributed by atoms with Crippen LogP contribution in [0.25, 0.3) is 0 Å². The molecule has 0 bridgehead atoms. The molecule has 0 aliphatic rings. The zero-order valence-electron chi connectivity index (χ0n) is 4.07. The molecule has 0 unspecified atom stereocenters. The average molecular weight is 494 g/mol. The summed E-state index contributed by atoms with van der Waals surface area (Å²) in [5.41, 5.74) is 0. The van der Waals surface area contributed by atoms with Gasteiger partial charge in [0.1, 0.15) is 0 Å². The van der Waals surface area contributed by atoms with Crippen molar-refractivity contribution in [3.63, 3.8) is 0 Å². The summed E-state index contributed by atoms with van der Waals surface area (Å²) < 4.78 is 0. The van der Waals surface area contributed by atoms with Gasteiger partial charge in [0.2, 0.25) is 0 Å². The average Bonchev–Trinajstić information content (AvgIpc) is 0.650. The fraction of sp³-hybridized carbons (Fsp3) is 1.00. The Balaban J connectivity index is 3.73. The van der Waals surface area contributed by atoms with Gasteiger partial charge in [-0.15, -0.1) is 0 Å². The second-order valence-corrected chi connectivity index (χ2v) is 63.8. The van der Waals surface area contributed by atoms with Crippen LogP contribution in [-0.2, 0) is 7.44 Å². The molecule has 0 N–H and O–H groups in total. The molecular weight excluding hydrogens is 485 g/mol. The second kappa shape index (κ2) is 1.83. The molecule has 6 heavy (non-hydrogen) atoms. The van der Waals surface area contributed by atoms with Crippen LogP contribution in [0.15, 0.2) is 0 Å². The van der Waals surface area contributed by atoms with Crippen molar-refractivity contribution in [3.05, 3.63) is 0 Å². The van der Waals surface area contributed by atoms with Gasteiger partial charge >= 0.3 is 62.1 Å². The van der Waals surface area contributed by atoms with E-state index in [1.54, 1.807) is 0 Å². The Morgan fingerprint density at radius 3 is 1.00 bits per heavy atom. The molecule has 0 heterocycles. The molecule has 0 nitrogen and oxygen atoms in total. The predicted octanol–water partition coefficient (Wildman–Crippen LogP) is 3.52. The van der Waals surface area contributed by atoms with E-state index >= 15 is 0 Å². The Bertz CT molecular complexity index is 42.0. The van der Waals surface area contributed by atoms with E-state index in [1.165, 1.54) is 0 Å². The van der Waals surface area contributed by atoms with Gasteiger partial charge in [0.15, 0.2) is 0 Å². The topological polar surface area (TPSA) is 0 Å². The monoisotopic (exact) mass is 494 g/mol. The molecule has 0 aromatic rings. The maximum atomic E-state index is 2.58. The molecular formula is C3H9I2Pt. The van der Waals surface area contributed by atoms with Crippen LogP contribution in [0.1, 0.15) is 0 Å². The van der Waals surface area contributed by atoms with Crippen molar-refractivity contribution in [1.82, 2.24) is 0 Å². The van der Waals surface area contributed by atoms with E-state index in [1.807, 2.05) is 0 Å². The van der Waals surface area contributed by atoms with E-state index < -0.39 is 7.44 Å². The number of rotatable bonds is 0. The van der Waals surface area contributed by atoms with Crippen molar-refractivity contribution in [2.45, 2.75) is 15.9 Å². The first-order valence-corrected chi connectivity index (χ1v) is 20.9. The van der Waals surface area contributed by atoms with Crippen LogP contribution in [0.3, 0.4) is 0 Å². The molecule has 0 saturated heterocycles. The zero-order chi connectivity index (χ0) is 5.45. The van der Waals surface area contributed by atoms with E-state index in [9.17, 15) is 0 Å². The fourth-order valence-corrected chi connectivity index (χ4v) is 0. The number of halogens is 2. The third kappa shape index (κ3) is 35.3. The first kappa shape index (κ1) is 8.15. The van der Waals surface area contributed by atoms with E-state index in [0.717, 1.165) is 0 Å². The van der Waals surface area contributed by atoms with Crippen molar-refractivity contribution in [2.24, 2.45) is 0 Å². The SMILES string of the molecule is [CH3][Pt]([CH3])([CH3])([I])[I]. The molecule has 0 radical (unpaired) electrons. The molecule has 0 aliphatic heterocycles. The van der Waals surface area contributed by atoms with Gasteiger partial charge in [-0.2, -0.15) is 0 Å². The van der Waals surface area contributed by atoms with Crippen LogP contribution in [0.5, 0.6) is 0 Å². The van der Waals surface area contributed by atoms with Gasteiger partial charge < -0.3 is 0 Å². The van der Waals surface area contributed by atoms with Gasteiger partial charge in [-0.25, -0.2) is 0 Å². The number of hydrogen-bond donors (Lipinski definition) is 0. The summed E-state index contributed by atoms with van der Waals surface area (Å²) in [6.07, 6.45) is 0.